The minimum atomic E-state index is -2.88. The van der Waals surface area contributed by atoms with E-state index in [0.29, 0.717) is 0 Å². The second-order valence-electron chi connectivity index (χ2n) is 3.20. The summed E-state index contributed by atoms with van der Waals surface area (Å²) in [5.41, 5.74) is 2.54. The summed E-state index contributed by atoms with van der Waals surface area (Å²) in [5.74, 6) is 5.60. The Bertz CT molecular complexity index is 237. The first-order chi connectivity index (χ1) is 4.99. The van der Waals surface area contributed by atoms with E-state index in [1.165, 1.54) is 0 Å². The minimum absolute atomic E-state index is 0.0833. The van der Waals surface area contributed by atoms with E-state index in [-0.39, 0.29) is 23.0 Å². The van der Waals surface area contributed by atoms with Gasteiger partial charge in [-0.2, -0.15) is 0 Å². The highest BCUT2D eigenvalue weighted by molar-refractivity contribution is 7.92. The van der Waals surface area contributed by atoms with Gasteiger partial charge in [-0.05, 0) is 12.8 Å². The van der Waals surface area contributed by atoms with Crippen LogP contribution in [-0.4, -0.2) is 25.5 Å². The van der Waals surface area contributed by atoms with Gasteiger partial charge in [0.25, 0.3) is 0 Å². The molecular formula is C6H14N2O2S. The lowest BCUT2D eigenvalue weighted by Crippen LogP contribution is -2.43. The first-order valence-corrected chi connectivity index (χ1v) is 5.38. The molecule has 0 aromatic heterocycles. The number of nitrogens with two attached hydrogens (primary N) is 1. The van der Waals surface area contributed by atoms with Gasteiger partial charge in [-0.15, -0.1) is 0 Å². The summed E-state index contributed by atoms with van der Waals surface area (Å²) in [6.07, 6.45) is 0. The lowest BCUT2D eigenvalue weighted by Gasteiger charge is -2.15. The SMILES string of the molecule is CC1CS(=O)(=O)C(C)C1NN. The number of nitrogens with one attached hydrogen (secondary N) is 1. The van der Waals surface area contributed by atoms with Crippen molar-refractivity contribution in [3.05, 3.63) is 0 Å². The first kappa shape index (κ1) is 8.96. The fourth-order valence-corrected chi connectivity index (χ4v) is 3.65. The van der Waals surface area contributed by atoms with E-state index in [1.54, 1.807) is 6.92 Å². The molecule has 0 saturated carbocycles. The largest absolute Gasteiger partial charge is 0.271 e. The van der Waals surface area contributed by atoms with Crippen molar-refractivity contribution in [2.24, 2.45) is 11.8 Å². The Morgan fingerprint density at radius 2 is 2.00 bits per heavy atom. The normalized spacial score (nSPS) is 42.6. The van der Waals surface area contributed by atoms with Crippen molar-refractivity contribution in [2.45, 2.75) is 25.1 Å². The average Bonchev–Trinajstić information content (AvgIpc) is 2.04. The Morgan fingerprint density at radius 3 is 2.18 bits per heavy atom. The summed E-state index contributed by atoms with van der Waals surface area (Å²) < 4.78 is 22.5. The minimum Gasteiger partial charge on any atom is -0.271 e. The predicted octanol–water partition coefficient (Wildman–Crippen LogP) is -0.729. The van der Waals surface area contributed by atoms with Crippen LogP contribution in [0.5, 0.6) is 0 Å². The summed E-state index contributed by atoms with van der Waals surface area (Å²) in [6, 6.07) is -0.0833. The Hall–Kier alpha value is -0.130. The summed E-state index contributed by atoms with van der Waals surface area (Å²) in [7, 11) is -2.88. The monoisotopic (exact) mass is 178 g/mol. The molecule has 5 heteroatoms. The number of hydrazine groups is 1. The van der Waals surface area contributed by atoms with Gasteiger partial charge in [-0.25, -0.2) is 8.42 Å². The molecule has 3 unspecified atom stereocenters. The van der Waals surface area contributed by atoms with Gasteiger partial charge < -0.3 is 0 Å². The average molecular weight is 178 g/mol. The number of hydrogen-bond donors (Lipinski definition) is 2. The molecule has 0 radical (unpaired) electrons. The molecular weight excluding hydrogens is 164 g/mol. The van der Waals surface area contributed by atoms with E-state index in [1.807, 2.05) is 6.92 Å². The van der Waals surface area contributed by atoms with Crippen LogP contribution in [0.15, 0.2) is 0 Å². The van der Waals surface area contributed by atoms with E-state index in [0.717, 1.165) is 0 Å². The molecule has 11 heavy (non-hydrogen) atoms. The first-order valence-electron chi connectivity index (χ1n) is 3.66. The molecule has 3 N–H and O–H groups in total. The van der Waals surface area contributed by atoms with Crippen LogP contribution in [0.3, 0.4) is 0 Å². The smallest absolute Gasteiger partial charge is 0.154 e. The Kier molecular flexibility index (Phi) is 2.22. The van der Waals surface area contributed by atoms with Gasteiger partial charge in [0.2, 0.25) is 0 Å². The van der Waals surface area contributed by atoms with Gasteiger partial charge in [0.1, 0.15) is 0 Å². The molecule has 0 bridgehead atoms. The van der Waals surface area contributed by atoms with E-state index >= 15 is 0 Å². The topological polar surface area (TPSA) is 72.2 Å². The molecule has 1 aliphatic rings. The van der Waals surface area contributed by atoms with Crippen LogP contribution in [0.4, 0.5) is 0 Å². The summed E-state index contributed by atoms with van der Waals surface area (Å²) >= 11 is 0. The van der Waals surface area contributed by atoms with Gasteiger partial charge >= 0.3 is 0 Å². The Balaban J connectivity index is 2.88. The van der Waals surface area contributed by atoms with Crippen molar-refractivity contribution >= 4 is 9.84 Å². The molecule has 0 aliphatic carbocycles. The van der Waals surface area contributed by atoms with Crippen molar-refractivity contribution < 1.29 is 8.42 Å². The lowest BCUT2D eigenvalue weighted by molar-refractivity contribution is 0.428. The lowest BCUT2D eigenvalue weighted by atomic mass is 10.0. The van der Waals surface area contributed by atoms with Crippen molar-refractivity contribution in [1.82, 2.24) is 5.43 Å². The molecule has 4 nitrogen and oxygen atoms in total. The highest BCUT2D eigenvalue weighted by atomic mass is 32.2. The van der Waals surface area contributed by atoms with Crippen LogP contribution in [0.25, 0.3) is 0 Å². The predicted molar refractivity (Wildman–Crippen MR) is 43.5 cm³/mol. The van der Waals surface area contributed by atoms with Gasteiger partial charge in [0.05, 0.1) is 11.0 Å². The molecule has 0 aromatic rings. The zero-order valence-corrected chi connectivity index (χ0v) is 7.56. The quantitative estimate of drug-likeness (QED) is 0.410. The number of sulfone groups is 1. The molecule has 0 spiro atoms. The van der Waals surface area contributed by atoms with Gasteiger partial charge in [0, 0.05) is 6.04 Å². The maximum Gasteiger partial charge on any atom is 0.154 e. The van der Waals surface area contributed by atoms with Gasteiger partial charge in [-0.3, -0.25) is 11.3 Å². The fraction of sp³-hybridized carbons (Fsp3) is 1.00. The second-order valence-corrected chi connectivity index (χ2v) is 5.61. The van der Waals surface area contributed by atoms with Gasteiger partial charge in [-0.1, -0.05) is 6.92 Å². The molecule has 0 amide bonds. The molecule has 0 aromatic carbocycles. The Morgan fingerprint density at radius 1 is 1.45 bits per heavy atom. The fourth-order valence-electron chi connectivity index (χ4n) is 1.61. The highest BCUT2D eigenvalue weighted by Gasteiger charge is 2.41. The third kappa shape index (κ3) is 1.40. The van der Waals surface area contributed by atoms with E-state index in [2.05, 4.69) is 5.43 Å². The highest BCUT2D eigenvalue weighted by Crippen LogP contribution is 2.24. The van der Waals surface area contributed by atoms with E-state index < -0.39 is 9.84 Å². The standard InChI is InChI=1S/C6H14N2O2S/c1-4-3-11(9,10)5(2)6(4)8-7/h4-6,8H,3,7H2,1-2H3. The zero-order valence-electron chi connectivity index (χ0n) is 6.74. The van der Waals surface area contributed by atoms with Crippen molar-refractivity contribution in [3.63, 3.8) is 0 Å². The molecule has 66 valence electrons. The van der Waals surface area contributed by atoms with Crippen LogP contribution in [0.1, 0.15) is 13.8 Å². The second kappa shape index (κ2) is 2.73. The van der Waals surface area contributed by atoms with Crippen LogP contribution < -0.4 is 11.3 Å². The molecule has 1 saturated heterocycles. The third-order valence-electron chi connectivity index (χ3n) is 2.37. The zero-order chi connectivity index (χ0) is 8.65. The summed E-state index contributed by atoms with van der Waals surface area (Å²) in [5, 5.41) is -0.345. The summed E-state index contributed by atoms with van der Waals surface area (Å²) in [6.45, 7) is 3.59. The molecule has 3 atom stereocenters. The third-order valence-corrected chi connectivity index (χ3v) is 4.79. The van der Waals surface area contributed by atoms with Crippen molar-refractivity contribution in [2.75, 3.05) is 5.75 Å². The van der Waals surface area contributed by atoms with E-state index in [4.69, 9.17) is 5.84 Å². The molecule has 1 fully saturated rings. The van der Waals surface area contributed by atoms with E-state index in [9.17, 15) is 8.42 Å². The maximum atomic E-state index is 11.2. The van der Waals surface area contributed by atoms with Gasteiger partial charge in [0.15, 0.2) is 9.84 Å². The molecule has 1 rings (SSSR count). The van der Waals surface area contributed by atoms with Crippen LogP contribution in [0, 0.1) is 5.92 Å². The molecule has 1 heterocycles. The number of rotatable bonds is 1. The van der Waals surface area contributed by atoms with Crippen LogP contribution in [0.2, 0.25) is 0 Å². The van der Waals surface area contributed by atoms with Crippen molar-refractivity contribution in [1.29, 1.82) is 0 Å². The Labute approximate surface area is 67.0 Å². The molecule has 1 aliphatic heterocycles. The number of hydrogen-bond acceptors (Lipinski definition) is 4. The summed E-state index contributed by atoms with van der Waals surface area (Å²) in [4.78, 5) is 0. The van der Waals surface area contributed by atoms with Crippen molar-refractivity contribution in [3.8, 4) is 0 Å². The van der Waals surface area contributed by atoms with Crippen LogP contribution >= 0.6 is 0 Å². The van der Waals surface area contributed by atoms with Crippen LogP contribution in [-0.2, 0) is 9.84 Å². The maximum absolute atomic E-state index is 11.2.